The van der Waals surface area contributed by atoms with Crippen LogP contribution in [0.3, 0.4) is 0 Å². The van der Waals surface area contributed by atoms with Crippen LogP contribution in [-0.4, -0.2) is 14.2 Å². The number of rotatable bonds is 6. The minimum Gasteiger partial charge on any atom is -0.396 e. The fourth-order valence-electron chi connectivity index (χ4n) is 3.54. The number of nitrogen functional groups attached to an aromatic ring is 1. The Hall–Kier alpha value is -2.65. The predicted octanol–water partition coefficient (Wildman–Crippen LogP) is 7.17. The van der Waals surface area contributed by atoms with Crippen LogP contribution in [0.4, 0.5) is 16.4 Å². The van der Waals surface area contributed by atoms with Crippen LogP contribution in [0.5, 0.6) is 0 Å². The van der Waals surface area contributed by atoms with Gasteiger partial charge < -0.3 is 11.1 Å². The van der Waals surface area contributed by atoms with Crippen LogP contribution in [0.2, 0.25) is 5.02 Å². The van der Waals surface area contributed by atoms with E-state index in [4.69, 9.17) is 17.3 Å². The molecule has 5 nitrogen and oxygen atoms in total. The number of nitrogens with two attached hydrogens (primary N) is 1. The molecule has 9 heteroatoms. The third-order valence-electron chi connectivity index (χ3n) is 5.32. The molecule has 0 fully saturated rings. The number of nitrogens with one attached hydrogen (secondary N) is 1. The van der Waals surface area contributed by atoms with Gasteiger partial charge in [0.25, 0.3) is 0 Å². The molecule has 174 valence electrons. The van der Waals surface area contributed by atoms with Crippen molar-refractivity contribution in [3.63, 3.8) is 0 Å². The van der Waals surface area contributed by atoms with Crippen molar-refractivity contribution in [3.8, 4) is 0 Å². The van der Waals surface area contributed by atoms with Gasteiger partial charge in [-0.15, -0.1) is 11.3 Å². The lowest BCUT2D eigenvalue weighted by atomic mass is 10.1. The molecule has 0 bridgehead atoms. The third kappa shape index (κ3) is 4.63. The molecular weight excluding hydrogens is 556 g/mol. The zero-order valence-electron chi connectivity index (χ0n) is 18.2. The van der Waals surface area contributed by atoms with Gasteiger partial charge >= 0.3 is 0 Å². The first-order valence-corrected chi connectivity index (χ1v) is 13.6. The SMILES string of the molecule is Cc1cccc(C)c1Nc1sc(C(=O)c2ccc(Cl)cc2)c(N)c1S(=O)(=O)c1ccc(Br)cc1. The van der Waals surface area contributed by atoms with Crippen LogP contribution in [0, 0.1) is 13.8 Å². The summed E-state index contributed by atoms with van der Waals surface area (Å²) in [7, 11) is -4.04. The van der Waals surface area contributed by atoms with Crippen molar-refractivity contribution in [1.82, 2.24) is 0 Å². The molecule has 34 heavy (non-hydrogen) atoms. The molecule has 0 unspecified atom stereocenters. The first-order valence-electron chi connectivity index (χ1n) is 10.2. The summed E-state index contributed by atoms with van der Waals surface area (Å²) >= 11 is 10.3. The van der Waals surface area contributed by atoms with Gasteiger partial charge in [0.2, 0.25) is 15.6 Å². The van der Waals surface area contributed by atoms with Gasteiger partial charge in [0.05, 0.1) is 10.6 Å². The number of hydrogen-bond donors (Lipinski definition) is 2. The van der Waals surface area contributed by atoms with Gasteiger partial charge in [0, 0.05) is 20.7 Å². The highest BCUT2D eigenvalue weighted by atomic mass is 79.9. The highest BCUT2D eigenvalue weighted by Gasteiger charge is 2.32. The number of benzene rings is 3. The Bertz CT molecular complexity index is 1480. The van der Waals surface area contributed by atoms with Crippen molar-refractivity contribution in [1.29, 1.82) is 0 Å². The fourth-order valence-corrected chi connectivity index (χ4v) is 6.84. The van der Waals surface area contributed by atoms with E-state index in [1.54, 1.807) is 36.4 Å². The van der Waals surface area contributed by atoms with Gasteiger partial charge in [-0.3, -0.25) is 4.79 Å². The second-order valence-electron chi connectivity index (χ2n) is 7.69. The lowest BCUT2D eigenvalue weighted by Gasteiger charge is -2.13. The summed E-state index contributed by atoms with van der Waals surface area (Å²) in [5.41, 5.74) is 9.31. The van der Waals surface area contributed by atoms with E-state index in [9.17, 15) is 13.2 Å². The minimum atomic E-state index is -4.04. The molecule has 0 aliphatic heterocycles. The smallest absolute Gasteiger partial charge is 0.211 e. The summed E-state index contributed by atoms with van der Waals surface area (Å²) in [6.45, 7) is 3.85. The molecule has 0 aliphatic carbocycles. The molecule has 4 aromatic rings. The van der Waals surface area contributed by atoms with Crippen molar-refractivity contribution < 1.29 is 13.2 Å². The van der Waals surface area contributed by atoms with E-state index in [1.807, 2.05) is 32.0 Å². The first-order chi connectivity index (χ1) is 16.1. The lowest BCUT2D eigenvalue weighted by Crippen LogP contribution is -2.08. The molecule has 0 aliphatic rings. The Morgan fingerprint density at radius 2 is 1.56 bits per heavy atom. The van der Waals surface area contributed by atoms with Crippen LogP contribution in [-0.2, 0) is 9.84 Å². The number of aryl methyl sites for hydroxylation is 2. The average Bonchev–Trinajstić information content (AvgIpc) is 3.13. The summed E-state index contributed by atoms with van der Waals surface area (Å²) in [6, 6.07) is 18.5. The van der Waals surface area contributed by atoms with Gasteiger partial charge in [-0.1, -0.05) is 45.7 Å². The van der Waals surface area contributed by atoms with Gasteiger partial charge in [0.1, 0.15) is 14.8 Å². The molecule has 0 spiro atoms. The quantitative estimate of drug-likeness (QED) is 0.238. The van der Waals surface area contributed by atoms with Crippen molar-refractivity contribution in [3.05, 3.63) is 97.8 Å². The Labute approximate surface area is 215 Å². The summed E-state index contributed by atoms with van der Waals surface area (Å²) in [4.78, 5) is 13.4. The molecule has 3 aromatic carbocycles. The zero-order chi connectivity index (χ0) is 24.6. The van der Waals surface area contributed by atoms with E-state index < -0.39 is 9.84 Å². The second kappa shape index (κ2) is 9.54. The summed E-state index contributed by atoms with van der Waals surface area (Å²) in [5, 5.41) is 4.03. The van der Waals surface area contributed by atoms with Crippen LogP contribution in [0.25, 0.3) is 0 Å². The number of para-hydroxylation sites is 1. The topological polar surface area (TPSA) is 89.3 Å². The van der Waals surface area contributed by atoms with E-state index in [0.717, 1.165) is 32.6 Å². The van der Waals surface area contributed by atoms with E-state index >= 15 is 0 Å². The van der Waals surface area contributed by atoms with Crippen molar-refractivity contribution in [2.45, 2.75) is 23.6 Å². The predicted molar refractivity (Wildman–Crippen MR) is 142 cm³/mol. The largest absolute Gasteiger partial charge is 0.396 e. The lowest BCUT2D eigenvalue weighted by molar-refractivity contribution is 0.104. The number of sulfone groups is 1. The fraction of sp³-hybridized carbons (Fsp3) is 0.0800. The molecule has 3 N–H and O–H groups in total. The molecule has 0 atom stereocenters. The molecule has 4 rings (SSSR count). The first kappa shape index (κ1) is 24.5. The number of anilines is 3. The molecule has 1 aromatic heterocycles. The highest BCUT2D eigenvalue weighted by molar-refractivity contribution is 9.10. The van der Waals surface area contributed by atoms with E-state index in [-0.39, 0.29) is 31.1 Å². The number of hydrogen-bond acceptors (Lipinski definition) is 6. The highest BCUT2D eigenvalue weighted by Crippen LogP contribution is 2.44. The van der Waals surface area contributed by atoms with Gasteiger partial charge in [-0.2, -0.15) is 0 Å². The summed E-state index contributed by atoms with van der Waals surface area (Å²) in [5.74, 6) is -0.374. The summed E-state index contributed by atoms with van der Waals surface area (Å²) in [6.07, 6.45) is 0. The van der Waals surface area contributed by atoms with Crippen molar-refractivity contribution in [2.75, 3.05) is 11.1 Å². The maximum Gasteiger partial charge on any atom is 0.211 e. The molecule has 1 heterocycles. The van der Waals surface area contributed by atoms with Crippen LogP contribution >= 0.6 is 38.9 Å². The van der Waals surface area contributed by atoms with Crippen LogP contribution in [0.1, 0.15) is 26.4 Å². The maximum absolute atomic E-state index is 13.7. The Balaban J connectivity index is 1.91. The molecule has 0 saturated carbocycles. The molecule has 0 radical (unpaired) electrons. The van der Waals surface area contributed by atoms with Gasteiger partial charge in [-0.05, 0) is 73.5 Å². The number of ketones is 1. The van der Waals surface area contributed by atoms with Crippen LogP contribution < -0.4 is 11.1 Å². The number of carbonyl (C=O) groups excluding carboxylic acids is 1. The Kier molecular flexibility index (Phi) is 6.87. The number of thiophene rings is 1. The minimum absolute atomic E-state index is 0.0789. The second-order valence-corrected chi connectivity index (χ2v) is 11.9. The summed E-state index contributed by atoms with van der Waals surface area (Å²) < 4.78 is 28.2. The maximum atomic E-state index is 13.7. The van der Waals surface area contributed by atoms with E-state index in [1.165, 1.54) is 12.1 Å². The van der Waals surface area contributed by atoms with Gasteiger partial charge in [-0.25, -0.2) is 8.42 Å². The van der Waals surface area contributed by atoms with Crippen molar-refractivity contribution >= 4 is 70.9 Å². The monoisotopic (exact) mass is 574 g/mol. The normalized spacial score (nSPS) is 11.4. The molecule has 0 amide bonds. The number of carbonyl (C=O) groups is 1. The Morgan fingerprint density at radius 3 is 2.15 bits per heavy atom. The van der Waals surface area contributed by atoms with Crippen LogP contribution in [0.15, 0.2) is 81.0 Å². The number of halogens is 2. The standard InChI is InChI=1S/C25H20BrClN2O3S2/c1-14-4-3-5-15(2)21(14)29-25-24(34(31,32)19-12-8-17(26)9-13-19)20(28)23(33-25)22(30)16-6-10-18(27)11-7-16/h3-13,29H,28H2,1-2H3. The van der Waals surface area contributed by atoms with Crippen molar-refractivity contribution in [2.24, 2.45) is 0 Å². The van der Waals surface area contributed by atoms with Gasteiger partial charge in [0.15, 0.2) is 0 Å². The van der Waals surface area contributed by atoms with E-state index in [2.05, 4.69) is 21.2 Å². The molecule has 0 saturated heterocycles. The van der Waals surface area contributed by atoms with E-state index in [0.29, 0.717) is 10.6 Å². The average molecular weight is 576 g/mol. The Morgan fingerprint density at radius 1 is 0.971 bits per heavy atom. The third-order valence-corrected chi connectivity index (χ3v) is 9.21. The zero-order valence-corrected chi connectivity index (χ0v) is 22.2. The molecular formula is C25H20BrClN2O3S2.